The monoisotopic (exact) mass is 182 g/mol. The number of rotatable bonds is 2. The molecule has 76 valence electrons. The lowest BCUT2D eigenvalue weighted by Crippen LogP contribution is -2.55. The van der Waals surface area contributed by atoms with Gasteiger partial charge in [-0.1, -0.05) is 13.8 Å². The largest absolute Gasteiger partial charge is 0.301 e. The van der Waals surface area contributed by atoms with E-state index in [0.717, 1.165) is 12.1 Å². The van der Waals surface area contributed by atoms with Crippen molar-refractivity contribution in [3.63, 3.8) is 0 Å². The van der Waals surface area contributed by atoms with Crippen molar-refractivity contribution in [2.75, 3.05) is 26.2 Å². The van der Waals surface area contributed by atoms with Gasteiger partial charge in [0.25, 0.3) is 0 Å². The van der Waals surface area contributed by atoms with Gasteiger partial charge in [0, 0.05) is 25.2 Å². The third-order valence-corrected chi connectivity index (χ3v) is 3.75. The number of nitrogens with zero attached hydrogens (tertiary/aromatic N) is 2. The van der Waals surface area contributed by atoms with Crippen molar-refractivity contribution in [2.24, 2.45) is 0 Å². The minimum absolute atomic E-state index is 0.848. The highest BCUT2D eigenvalue weighted by molar-refractivity contribution is 4.92. The van der Waals surface area contributed by atoms with Crippen LogP contribution in [0.2, 0.25) is 0 Å². The summed E-state index contributed by atoms with van der Waals surface area (Å²) in [5.74, 6) is 0. The number of fused-ring (bicyclic) bond motifs is 1. The van der Waals surface area contributed by atoms with E-state index in [1.807, 2.05) is 0 Å². The van der Waals surface area contributed by atoms with Crippen molar-refractivity contribution in [1.29, 1.82) is 0 Å². The van der Waals surface area contributed by atoms with Crippen molar-refractivity contribution in [3.8, 4) is 0 Å². The minimum atomic E-state index is 0.848. The summed E-state index contributed by atoms with van der Waals surface area (Å²) in [6.45, 7) is 9.86. The molecule has 2 heteroatoms. The molecular weight excluding hydrogens is 160 g/mol. The van der Waals surface area contributed by atoms with Gasteiger partial charge in [-0.25, -0.2) is 0 Å². The van der Waals surface area contributed by atoms with Gasteiger partial charge in [-0.2, -0.15) is 0 Å². The van der Waals surface area contributed by atoms with Crippen molar-refractivity contribution in [3.05, 3.63) is 0 Å². The van der Waals surface area contributed by atoms with Crippen LogP contribution >= 0.6 is 0 Å². The first-order valence-corrected chi connectivity index (χ1v) is 5.83. The van der Waals surface area contributed by atoms with Gasteiger partial charge >= 0.3 is 0 Å². The SMILES string of the molecule is CCC1CN(CC)CC2CCCN12. The van der Waals surface area contributed by atoms with Gasteiger partial charge in [0.1, 0.15) is 0 Å². The predicted octanol–water partition coefficient (Wildman–Crippen LogP) is 1.56. The average Bonchev–Trinajstić information content (AvgIpc) is 2.63. The third kappa shape index (κ3) is 1.75. The molecule has 2 atom stereocenters. The van der Waals surface area contributed by atoms with Gasteiger partial charge in [-0.3, -0.25) is 4.90 Å². The van der Waals surface area contributed by atoms with Crippen LogP contribution < -0.4 is 0 Å². The number of likely N-dealkylation sites (N-methyl/N-ethyl adjacent to an activating group) is 1. The van der Waals surface area contributed by atoms with Crippen LogP contribution in [-0.4, -0.2) is 48.1 Å². The van der Waals surface area contributed by atoms with Gasteiger partial charge in [-0.15, -0.1) is 0 Å². The van der Waals surface area contributed by atoms with Crippen LogP contribution in [-0.2, 0) is 0 Å². The first-order valence-electron chi connectivity index (χ1n) is 5.83. The molecule has 0 radical (unpaired) electrons. The van der Waals surface area contributed by atoms with Gasteiger partial charge in [-0.05, 0) is 32.4 Å². The molecule has 0 saturated carbocycles. The normalized spacial score (nSPS) is 36.5. The molecule has 13 heavy (non-hydrogen) atoms. The Morgan fingerprint density at radius 1 is 1.23 bits per heavy atom. The Morgan fingerprint density at radius 2 is 2.08 bits per heavy atom. The molecule has 0 spiro atoms. The lowest BCUT2D eigenvalue weighted by molar-refractivity contribution is 0.0516. The molecule has 0 bridgehead atoms. The van der Waals surface area contributed by atoms with Crippen molar-refractivity contribution < 1.29 is 0 Å². The zero-order valence-corrected chi connectivity index (χ0v) is 9.00. The molecule has 0 aromatic carbocycles. The molecule has 2 aliphatic rings. The van der Waals surface area contributed by atoms with E-state index in [2.05, 4.69) is 23.6 Å². The molecule has 2 heterocycles. The molecule has 0 aromatic heterocycles. The van der Waals surface area contributed by atoms with E-state index in [0.29, 0.717) is 0 Å². The first-order chi connectivity index (χ1) is 6.35. The second kappa shape index (κ2) is 3.97. The van der Waals surface area contributed by atoms with Crippen LogP contribution in [0, 0.1) is 0 Å². The quantitative estimate of drug-likeness (QED) is 0.639. The number of hydrogen-bond acceptors (Lipinski definition) is 2. The summed E-state index contributed by atoms with van der Waals surface area (Å²) in [5, 5.41) is 0. The van der Waals surface area contributed by atoms with Gasteiger partial charge in [0.05, 0.1) is 0 Å². The molecule has 2 rings (SSSR count). The van der Waals surface area contributed by atoms with E-state index < -0.39 is 0 Å². The summed E-state index contributed by atoms with van der Waals surface area (Å²) < 4.78 is 0. The third-order valence-electron chi connectivity index (χ3n) is 3.75. The molecule has 2 saturated heterocycles. The Morgan fingerprint density at radius 3 is 2.77 bits per heavy atom. The number of hydrogen-bond donors (Lipinski definition) is 0. The van der Waals surface area contributed by atoms with Crippen LogP contribution in [0.25, 0.3) is 0 Å². The van der Waals surface area contributed by atoms with E-state index >= 15 is 0 Å². The second-order valence-corrected chi connectivity index (χ2v) is 4.45. The second-order valence-electron chi connectivity index (χ2n) is 4.45. The lowest BCUT2D eigenvalue weighted by Gasteiger charge is -2.43. The molecule has 2 fully saturated rings. The maximum Gasteiger partial charge on any atom is 0.0227 e. The Bertz CT molecular complexity index is 169. The van der Waals surface area contributed by atoms with Crippen molar-refractivity contribution >= 4 is 0 Å². The molecule has 0 aromatic rings. The Balaban J connectivity index is 2.01. The Hall–Kier alpha value is -0.0800. The fraction of sp³-hybridized carbons (Fsp3) is 1.00. The zero-order valence-electron chi connectivity index (χ0n) is 9.00. The maximum absolute atomic E-state index is 2.76. The van der Waals surface area contributed by atoms with E-state index in [9.17, 15) is 0 Å². The van der Waals surface area contributed by atoms with Gasteiger partial charge < -0.3 is 4.90 Å². The smallest absolute Gasteiger partial charge is 0.0227 e. The molecule has 2 nitrogen and oxygen atoms in total. The van der Waals surface area contributed by atoms with Crippen molar-refractivity contribution in [1.82, 2.24) is 9.80 Å². The molecule has 0 aliphatic carbocycles. The highest BCUT2D eigenvalue weighted by atomic mass is 15.3. The molecule has 2 unspecified atom stereocenters. The predicted molar refractivity (Wildman–Crippen MR) is 55.9 cm³/mol. The molecule has 0 amide bonds. The van der Waals surface area contributed by atoms with Gasteiger partial charge in [0.15, 0.2) is 0 Å². The van der Waals surface area contributed by atoms with Crippen molar-refractivity contribution in [2.45, 2.75) is 45.2 Å². The highest BCUT2D eigenvalue weighted by Crippen LogP contribution is 2.26. The van der Waals surface area contributed by atoms with E-state index in [1.54, 1.807) is 0 Å². The standard InChI is InChI=1S/C11H22N2/c1-3-10-8-12(4-2)9-11-6-5-7-13(10)11/h10-11H,3-9H2,1-2H3. The Labute approximate surface area is 81.9 Å². The summed E-state index contributed by atoms with van der Waals surface area (Å²) in [5.41, 5.74) is 0. The minimum Gasteiger partial charge on any atom is -0.301 e. The van der Waals surface area contributed by atoms with Crippen LogP contribution in [0.1, 0.15) is 33.1 Å². The topological polar surface area (TPSA) is 6.48 Å². The highest BCUT2D eigenvalue weighted by Gasteiger charge is 2.35. The zero-order chi connectivity index (χ0) is 9.26. The van der Waals surface area contributed by atoms with E-state index in [4.69, 9.17) is 0 Å². The average molecular weight is 182 g/mol. The molecular formula is C11H22N2. The Kier molecular flexibility index (Phi) is 2.89. The van der Waals surface area contributed by atoms with Crippen LogP contribution in [0.3, 0.4) is 0 Å². The lowest BCUT2D eigenvalue weighted by atomic mass is 10.1. The van der Waals surface area contributed by atoms with E-state index in [-0.39, 0.29) is 0 Å². The summed E-state index contributed by atoms with van der Waals surface area (Å²) in [6, 6.07) is 1.74. The fourth-order valence-corrected chi connectivity index (χ4v) is 2.93. The summed E-state index contributed by atoms with van der Waals surface area (Å²) in [7, 11) is 0. The summed E-state index contributed by atoms with van der Waals surface area (Å²) >= 11 is 0. The van der Waals surface area contributed by atoms with Crippen LogP contribution in [0.4, 0.5) is 0 Å². The van der Waals surface area contributed by atoms with E-state index in [1.165, 1.54) is 45.4 Å². The summed E-state index contributed by atoms with van der Waals surface area (Å²) in [6.07, 6.45) is 4.19. The van der Waals surface area contributed by atoms with Crippen LogP contribution in [0.15, 0.2) is 0 Å². The molecule has 0 N–H and O–H groups in total. The fourth-order valence-electron chi connectivity index (χ4n) is 2.93. The van der Waals surface area contributed by atoms with Crippen LogP contribution in [0.5, 0.6) is 0 Å². The maximum atomic E-state index is 2.76. The first kappa shape index (κ1) is 9.47. The van der Waals surface area contributed by atoms with Gasteiger partial charge in [0.2, 0.25) is 0 Å². The number of piperazine rings is 1. The summed E-state index contributed by atoms with van der Waals surface area (Å²) in [4.78, 5) is 5.38. The molecule has 2 aliphatic heterocycles.